The van der Waals surface area contributed by atoms with Gasteiger partial charge in [-0.25, -0.2) is 0 Å². The summed E-state index contributed by atoms with van der Waals surface area (Å²) >= 11 is 7.50. The number of nitrogens with zero attached hydrogens (tertiary/aromatic N) is 2. The van der Waals surface area contributed by atoms with Gasteiger partial charge in [0.15, 0.2) is 0 Å². The summed E-state index contributed by atoms with van der Waals surface area (Å²) < 4.78 is 5.62. The molecule has 0 atom stereocenters. The number of rotatable bonds is 5. The van der Waals surface area contributed by atoms with E-state index in [-0.39, 0.29) is 12.5 Å². The summed E-state index contributed by atoms with van der Waals surface area (Å²) in [6, 6.07) is 11.4. The fourth-order valence-electron chi connectivity index (χ4n) is 3.10. The Balaban J connectivity index is 1.45. The van der Waals surface area contributed by atoms with Crippen LogP contribution in [0, 0.1) is 0 Å². The van der Waals surface area contributed by atoms with Crippen LogP contribution in [-0.4, -0.2) is 16.1 Å². The van der Waals surface area contributed by atoms with Crippen molar-refractivity contribution in [3.63, 3.8) is 0 Å². The molecule has 0 saturated heterocycles. The second-order valence-corrected chi connectivity index (χ2v) is 7.49. The van der Waals surface area contributed by atoms with Crippen LogP contribution >= 0.6 is 22.9 Å². The van der Waals surface area contributed by atoms with Crippen molar-refractivity contribution in [1.29, 1.82) is 0 Å². The molecule has 1 aromatic carbocycles. The quantitative estimate of drug-likeness (QED) is 0.728. The predicted molar refractivity (Wildman–Crippen MR) is 96.4 cm³/mol. The van der Waals surface area contributed by atoms with Crippen LogP contribution in [0.3, 0.4) is 0 Å². The third kappa shape index (κ3) is 3.07. The van der Waals surface area contributed by atoms with Crippen molar-refractivity contribution in [2.24, 2.45) is 0 Å². The Kier molecular flexibility index (Phi) is 4.31. The molecular weight excluding hydrogens is 358 g/mol. The highest BCUT2D eigenvalue weighted by Gasteiger charge is 2.45. The first kappa shape index (κ1) is 16.3. The Morgan fingerprint density at radius 1 is 1.24 bits per heavy atom. The van der Waals surface area contributed by atoms with Crippen LogP contribution in [0.15, 0.2) is 46.2 Å². The zero-order valence-electron chi connectivity index (χ0n) is 13.4. The number of hydrogen-bond acceptors (Lipinski definition) is 5. The highest BCUT2D eigenvalue weighted by atomic mass is 35.5. The molecule has 1 saturated carbocycles. The summed E-state index contributed by atoms with van der Waals surface area (Å²) in [5.41, 5.74) is 0.534. The van der Waals surface area contributed by atoms with Crippen LogP contribution in [0.1, 0.15) is 30.7 Å². The van der Waals surface area contributed by atoms with E-state index in [1.54, 1.807) is 0 Å². The maximum atomic E-state index is 12.8. The summed E-state index contributed by atoms with van der Waals surface area (Å²) in [7, 11) is 0. The van der Waals surface area contributed by atoms with Crippen molar-refractivity contribution in [2.45, 2.75) is 31.2 Å². The number of aromatic nitrogens is 2. The SMILES string of the molecule is O=C(NCc1nnc(-c2cccs2)o1)C1(c2ccc(Cl)cc2)CCC1. The van der Waals surface area contributed by atoms with Crippen LogP contribution in [0.5, 0.6) is 0 Å². The van der Waals surface area contributed by atoms with Crippen LogP contribution in [0.25, 0.3) is 10.8 Å². The third-order valence-corrected chi connectivity index (χ3v) is 5.75. The normalized spacial score (nSPS) is 15.6. The molecule has 1 fully saturated rings. The fraction of sp³-hybridized carbons (Fsp3) is 0.278. The monoisotopic (exact) mass is 373 g/mol. The summed E-state index contributed by atoms with van der Waals surface area (Å²) in [5, 5.41) is 13.6. The largest absolute Gasteiger partial charge is 0.418 e. The molecule has 0 radical (unpaired) electrons. The van der Waals surface area contributed by atoms with E-state index >= 15 is 0 Å². The number of amides is 1. The lowest BCUT2D eigenvalue weighted by atomic mass is 9.64. The lowest BCUT2D eigenvalue weighted by molar-refractivity contribution is -0.130. The first-order chi connectivity index (χ1) is 12.2. The number of benzene rings is 1. The maximum absolute atomic E-state index is 12.8. The van der Waals surface area contributed by atoms with Crippen molar-refractivity contribution < 1.29 is 9.21 Å². The molecule has 1 aliphatic carbocycles. The van der Waals surface area contributed by atoms with Crippen molar-refractivity contribution in [2.75, 3.05) is 0 Å². The Morgan fingerprint density at radius 2 is 2.04 bits per heavy atom. The van der Waals surface area contributed by atoms with Gasteiger partial charge in [-0.3, -0.25) is 4.79 Å². The molecule has 3 aromatic rings. The number of hydrogen-bond donors (Lipinski definition) is 1. The third-order valence-electron chi connectivity index (χ3n) is 4.64. The van der Waals surface area contributed by atoms with E-state index in [1.807, 2.05) is 41.8 Å². The summed E-state index contributed by atoms with van der Waals surface area (Å²) in [6.07, 6.45) is 2.72. The van der Waals surface area contributed by atoms with E-state index in [0.717, 1.165) is 29.7 Å². The number of carbonyl (C=O) groups excluding carboxylic acids is 1. The summed E-state index contributed by atoms with van der Waals surface area (Å²) in [6.45, 7) is 0.229. The van der Waals surface area contributed by atoms with Crippen LogP contribution in [-0.2, 0) is 16.8 Å². The Labute approximate surface area is 154 Å². The van der Waals surface area contributed by atoms with E-state index in [4.69, 9.17) is 16.0 Å². The minimum Gasteiger partial charge on any atom is -0.418 e. The molecule has 0 bridgehead atoms. The number of carbonyl (C=O) groups is 1. The molecule has 2 heterocycles. The number of halogens is 1. The molecule has 0 unspecified atom stereocenters. The lowest BCUT2D eigenvalue weighted by Gasteiger charge is -2.40. The van der Waals surface area contributed by atoms with Gasteiger partial charge in [-0.1, -0.05) is 36.2 Å². The fourth-order valence-corrected chi connectivity index (χ4v) is 3.87. The van der Waals surface area contributed by atoms with Gasteiger partial charge in [-0.05, 0) is 42.0 Å². The molecule has 1 N–H and O–H groups in total. The predicted octanol–water partition coefficient (Wildman–Crippen LogP) is 4.19. The van der Waals surface area contributed by atoms with Crippen molar-refractivity contribution in [3.05, 3.63) is 58.3 Å². The zero-order valence-corrected chi connectivity index (χ0v) is 14.9. The van der Waals surface area contributed by atoms with E-state index in [9.17, 15) is 4.79 Å². The highest BCUT2D eigenvalue weighted by Crippen LogP contribution is 2.44. The molecule has 25 heavy (non-hydrogen) atoms. The molecule has 2 aromatic heterocycles. The van der Waals surface area contributed by atoms with Gasteiger partial charge >= 0.3 is 0 Å². The van der Waals surface area contributed by atoms with E-state index in [1.165, 1.54) is 11.3 Å². The molecule has 1 amide bonds. The molecule has 0 spiro atoms. The number of nitrogens with one attached hydrogen (secondary N) is 1. The van der Waals surface area contributed by atoms with Gasteiger partial charge in [0.05, 0.1) is 16.8 Å². The first-order valence-corrected chi connectivity index (χ1v) is 9.34. The smallest absolute Gasteiger partial charge is 0.257 e. The Morgan fingerprint density at radius 3 is 2.68 bits per heavy atom. The average molecular weight is 374 g/mol. The first-order valence-electron chi connectivity index (χ1n) is 8.08. The summed E-state index contributed by atoms with van der Waals surface area (Å²) in [4.78, 5) is 13.7. The molecular formula is C18H16ClN3O2S. The van der Waals surface area contributed by atoms with Gasteiger partial charge in [0.25, 0.3) is 5.89 Å². The van der Waals surface area contributed by atoms with E-state index < -0.39 is 5.41 Å². The molecule has 0 aliphatic heterocycles. The van der Waals surface area contributed by atoms with Gasteiger partial charge in [0, 0.05) is 5.02 Å². The van der Waals surface area contributed by atoms with Crippen molar-refractivity contribution in [3.8, 4) is 10.8 Å². The Bertz CT molecular complexity index is 870. The second-order valence-electron chi connectivity index (χ2n) is 6.10. The average Bonchev–Trinajstić information content (AvgIpc) is 3.25. The summed E-state index contributed by atoms with van der Waals surface area (Å²) in [5.74, 6) is 0.884. The Hall–Kier alpha value is -2.18. The molecule has 5 nitrogen and oxygen atoms in total. The van der Waals surface area contributed by atoms with Crippen molar-refractivity contribution in [1.82, 2.24) is 15.5 Å². The zero-order chi connectivity index (χ0) is 17.3. The molecule has 7 heteroatoms. The van der Waals surface area contributed by atoms with Gasteiger partial charge in [0.2, 0.25) is 11.8 Å². The topological polar surface area (TPSA) is 68.0 Å². The standard InChI is InChI=1S/C18H16ClN3O2S/c19-13-6-4-12(5-7-13)18(8-2-9-18)17(23)20-11-15-21-22-16(24-15)14-3-1-10-25-14/h1,3-7,10H,2,8-9,11H2,(H,20,23). The molecule has 1 aliphatic rings. The van der Waals surface area contributed by atoms with Crippen LogP contribution in [0.2, 0.25) is 5.02 Å². The van der Waals surface area contributed by atoms with Crippen LogP contribution < -0.4 is 5.32 Å². The molecule has 128 valence electrons. The van der Waals surface area contributed by atoms with Gasteiger partial charge < -0.3 is 9.73 Å². The lowest BCUT2D eigenvalue weighted by Crippen LogP contribution is -2.49. The second kappa shape index (κ2) is 6.61. The van der Waals surface area contributed by atoms with Gasteiger partial charge in [-0.15, -0.1) is 21.5 Å². The van der Waals surface area contributed by atoms with Gasteiger partial charge in [0.1, 0.15) is 0 Å². The minimum absolute atomic E-state index is 0.00283. The van der Waals surface area contributed by atoms with E-state index in [2.05, 4.69) is 15.5 Å². The minimum atomic E-state index is -0.471. The van der Waals surface area contributed by atoms with Gasteiger partial charge in [-0.2, -0.15) is 0 Å². The van der Waals surface area contributed by atoms with E-state index in [0.29, 0.717) is 16.8 Å². The maximum Gasteiger partial charge on any atom is 0.257 e. The number of thiophene rings is 1. The van der Waals surface area contributed by atoms with Crippen molar-refractivity contribution >= 4 is 28.8 Å². The molecule has 4 rings (SSSR count). The highest BCUT2D eigenvalue weighted by molar-refractivity contribution is 7.13. The van der Waals surface area contributed by atoms with Crippen LogP contribution in [0.4, 0.5) is 0 Å².